The number of hydrogen-bond donors (Lipinski definition) is 1. The molecule has 0 aliphatic carbocycles. The highest BCUT2D eigenvalue weighted by molar-refractivity contribution is 7.98. The Balaban J connectivity index is 1.89. The van der Waals surface area contributed by atoms with Crippen LogP contribution >= 0.6 is 11.8 Å². The van der Waals surface area contributed by atoms with Gasteiger partial charge in [-0.1, -0.05) is 18.2 Å². The highest BCUT2D eigenvalue weighted by Gasteiger charge is 2.02. The van der Waals surface area contributed by atoms with Crippen LogP contribution in [0, 0.1) is 0 Å². The van der Waals surface area contributed by atoms with Crippen LogP contribution in [0.25, 0.3) is 0 Å². The number of nitrogens with zero attached hydrogens (tertiary/aromatic N) is 2. The van der Waals surface area contributed by atoms with Crippen LogP contribution < -0.4 is 5.32 Å². The van der Waals surface area contributed by atoms with E-state index in [0.29, 0.717) is 0 Å². The van der Waals surface area contributed by atoms with Crippen molar-refractivity contribution >= 4 is 17.4 Å². The number of para-hydroxylation sites is 1. The van der Waals surface area contributed by atoms with Crippen LogP contribution in [0.15, 0.2) is 42.7 Å². The van der Waals surface area contributed by atoms with E-state index in [1.807, 2.05) is 34.9 Å². The van der Waals surface area contributed by atoms with Gasteiger partial charge in [0.1, 0.15) is 0 Å². The van der Waals surface area contributed by atoms with Crippen LogP contribution in [-0.4, -0.2) is 28.3 Å². The second kappa shape index (κ2) is 7.89. The Morgan fingerprint density at radius 2 is 2.11 bits per heavy atom. The first-order chi connectivity index (χ1) is 9.40. The minimum Gasteiger partial charge on any atom is -0.385 e. The summed E-state index contributed by atoms with van der Waals surface area (Å²) < 4.78 is 1.95. The van der Waals surface area contributed by atoms with E-state index in [4.69, 9.17) is 0 Å². The molecule has 0 saturated carbocycles. The molecule has 19 heavy (non-hydrogen) atoms. The summed E-state index contributed by atoms with van der Waals surface area (Å²) in [4.78, 5) is 0. The molecule has 0 fully saturated rings. The Morgan fingerprint density at radius 1 is 1.21 bits per heavy atom. The van der Waals surface area contributed by atoms with E-state index >= 15 is 0 Å². The first-order valence-corrected chi connectivity index (χ1v) is 8.07. The normalized spacial score (nSPS) is 10.6. The van der Waals surface area contributed by atoms with Gasteiger partial charge in [0.05, 0.1) is 6.54 Å². The van der Waals surface area contributed by atoms with Crippen LogP contribution in [0.1, 0.15) is 18.4 Å². The van der Waals surface area contributed by atoms with Gasteiger partial charge in [-0.15, -0.1) is 0 Å². The van der Waals surface area contributed by atoms with E-state index in [9.17, 15) is 0 Å². The molecule has 0 saturated heterocycles. The van der Waals surface area contributed by atoms with Gasteiger partial charge in [-0.25, -0.2) is 0 Å². The highest BCUT2D eigenvalue weighted by Crippen LogP contribution is 2.16. The Hall–Kier alpha value is -1.42. The summed E-state index contributed by atoms with van der Waals surface area (Å²) in [5, 5.41) is 7.79. The maximum atomic E-state index is 4.26. The SMILES string of the molecule is CSCCCCNc1ccccc1Cn1cccn1. The molecule has 102 valence electrons. The Morgan fingerprint density at radius 3 is 2.89 bits per heavy atom. The smallest absolute Gasteiger partial charge is 0.0679 e. The predicted octanol–water partition coefficient (Wildman–Crippen LogP) is 3.49. The minimum atomic E-state index is 0.820. The van der Waals surface area contributed by atoms with Crippen LogP contribution in [0.2, 0.25) is 0 Å². The summed E-state index contributed by atoms with van der Waals surface area (Å²) in [7, 11) is 0. The van der Waals surface area contributed by atoms with Gasteiger partial charge in [-0.2, -0.15) is 16.9 Å². The fourth-order valence-electron chi connectivity index (χ4n) is 1.99. The fraction of sp³-hybridized carbons (Fsp3) is 0.400. The zero-order valence-corrected chi connectivity index (χ0v) is 12.2. The van der Waals surface area contributed by atoms with Gasteiger partial charge in [0.15, 0.2) is 0 Å². The lowest BCUT2D eigenvalue weighted by molar-refractivity contribution is 0.687. The van der Waals surface area contributed by atoms with Gasteiger partial charge in [0.2, 0.25) is 0 Å². The summed E-state index contributed by atoms with van der Waals surface area (Å²) in [5.74, 6) is 1.25. The third-order valence-electron chi connectivity index (χ3n) is 3.00. The topological polar surface area (TPSA) is 29.9 Å². The lowest BCUT2D eigenvalue weighted by Gasteiger charge is -2.12. The monoisotopic (exact) mass is 275 g/mol. The number of nitrogens with one attached hydrogen (secondary N) is 1. The van der Waals surface area contributed by atoms with Crippen LogP contribution in [-0.2, 0) is 6.54 Å². The van der Waals surface area contributed by atoms with E-state index in [-0.39, 0.29) is 0 Å². The van der Waals surface area contributed by atoms with Crippen molar-refractivity contribution in [1.29, 1.82) is 0 Å². The average Bonchev–Trinajstić information content (AvgIpc) is 2.93. The lowest BCUT2D eigenvalue weighted by Crippen LogP contribution is -2.07. The second-order valence-corrected chi connectivity index (χ2v) is 5.47. The highest BCUT2D eigenvalue weighted by atomic mass is 32.2. The number of aromatic nitrogens is 2. The van der Waals surface area contributed by atoms with Crippen molar-refractivity contribution in [2.45, 2.75) is 19.4 Å². The molecule has 0 spiro atoms. The molecule has 0 amide bonds. The third-order valence-corrected chi connectivity index (χ3v) is 3.70. The molecule has 2 rings (SSSR count). The van der Waals surface area contributed by atoms with Gasteiger partial charge >= 0.3 is 0 Å². The van der Waals surface area contributed by atoms with Gasteiger partial charge < -0.3 is 5.32 Å². The molecule has 0 aliphatic rings. The van der Waals surface area contributed by atoms with Crippen LogP contribution in [0.3, 0.4) is 0 Å². The summed E-state index contributed by atoms with van der Waals surface area (Å²) in [5.41, 5.74) is 2.51. The Labute approximate surface area is 119 Å². The summed E-state index contributed by atoms with van der Waals surface area (Å²) in [6.07, 6.45) is 8.47. The lowest BCUT2D eigenvalue weighted by atomic mass is 10.1. The van der Waals surface area contributed by atoms with Gasteiger partial charge in [0, 0.05) is 24.6 Å². The third kappa shape index (κ3) is 4.63. The van der Waals surface area contributed by atoms with E-state index in [1.165, 1.54) is 29.8 Å². The zero-order chi connectivity index (χ0) is 13.3. The van der Waals surface area contributed by atoms with Gasteiger partial charge in [-0.05, 0) is 42.5 Å². The first-order valence-electron chi connectivity index (χ1n) is 6.68. The van der Waals surface area contributed by atoms with E-state index in [0.717, 1.165) is 13.1 Å². The molecule has 2 aromatic rings. The number of thioether (sulfide) groups is 1. The molecule has 0 bridgehead atoms. The number of rotatable bonds is 8. The molecule has 1 aromatic heterocycles. The standard InChI is InChI=1S/C15H21N3S/c1-19-12-5-4-9-16-15-8-3-2-7-14(15)13-18-11-6-10-17-18/h2-3,6-8,10-11,16H,4-5,9,12-13H2,1H3. The molecule has 0 radical (unpaired) electrons. The largest absolute Gasteiger partial charge is 0.385 e. The molecule has 0 aliphatic heterocycles. The number of unbranched alkanes of at least 4 members (excludes halogenated alkanes) is 1. The molecule has 1 N–H and O–H groups in total. The van der Waals surface area contributed by atoms with Crippen molar-refractivity contribution in [2.75, 3.05) is 23.9 Å². The van der Waals surface area contributed by atoms with E-state index in [1.54, 1.807) is 0 Å². The molecule has 4 heteroatoms. The van der Waals surface area contributed by atoms with Gasteiger partial charge in [-0.3, -0.25) is 4.68 Å². The predicted molar refractivity (Wildman–Crippen MR) is 83.9 cm³/mol. The zero-order valence-electron chi connectivity index (χ0n) is 11.4. The van der Waals surface area contributed by atoms with Crippen LogP contribution in [0.5, 0.6) is 0 Å². The Bertz CT molecular complexity index is 468. The molecular weight excluding hydrogens is 254 g/mol. The van der Waals surface area contributed by atoms with Crippen molar-refractivity contribution in [3.63, 3.8) is 0 Å². The van der Waals surface area contributed by atoms with E-state index in [2.05, 4.69) is 40.9 Å². The average molecular weight is 275 g/mol. The van der Waals surface area contributed by atoms with E-state index < -0.39 is 0 Å². The minimum absolute atomic E-state index is 0.820. The summed E-state index contributed by atoms with van der Waals surface area (Å²) >= 11 is 1.91. The summed E-state index contributed by atoms with van der Waals surface area (Å²) in [6, 6.07) is 10.4. The second-order valence-electron chi connectivity index (χ2n) is 4.49. The van der Waals surface area contributed by atoms with Crippen LogP contribution in [0.4, 0.5) is 5.69 Å². The number of benzene rings is 1. The number of anilines is 1. The molecule has 0 unspecified atom stereocenters. The maximum absolute atomic E-state index is 4.26. The number of hydrogen-bond acceptors (Lipinski definition) is 3. The molecular formula is C15H21N3S. The van der Waals surface area contributed by atoms with Crippen molar-refractivity contribution in [1.82, 2.24) is 9.78 Å². The van der Waals surface area contributed by atoms with Crippen molar-refractivity contribution in [3.05, 3.63) is 48.3 Å². The molecule has 1 aromatic carbocycles. The summed E-state index contributed by atoms with van der Waals surface area (Å²) in [6.45, 7) is 1.86. The fourth-order valence-corrected chi connectivity index (χ4v) is 2.49. The Kier molecular flexibility index (Phi) is 5.82. The molecule has 3 nitrogen and oxygen atoms in total. The van der Waals surface area contributed by atoms with Gasteiger partial charge in [0.25, 0.3) is 0 Å². The molecule has 0 atom stereocenters. The van der Waals surface area contributed by atoms with Crippen molar-refractivity contribution in [2.24, 2.45) is 0 Å². The molecule has 1 heterocycles. The maximum Gasteiger partial charge on any atom is 0.0679 e. The first kappa shape index (κ1) is 14.0. The van der Waals surface area contributed by atoms with Crippen molar-refractivity contribution < 1.29 is 0 Å². The quantitative estimate of drug-likeness (QED) is 0.748. The van der Waals surface area contributed by atoms with Crippen molar-refractivity contribution in [3.8, 4) is 0 Å².